The predicted octanol–water partition coefficient (Wildman–Crippen LogP) is -0.986. The largest absolute Gasteiger partial charge is 0.378 e. The van der Waals surface area contributed by atoms with Crippen molar-refractivity contribution in [3.8, 4) is 0 Å². The van der Waals surface area contributed by atoms with Gasteiger partial charge in [0.2, 0.25) is 0 Å². The maximum absolute atomic E-state index is 11.5. The van der Waals surface area contributed by atoms with E-state index in [1.54, 1.807) is 0 Å². The molecule has 2 aliphatic rings. The summed E-state index contributed by atoms with van der Waals surface area (Å²) in [6, 6.07) is 0. The van der Waals surface area contributed by atoms with Gasteiger partial charge in [0, 0.05) is 25.7 Å². The summed E-state index contributed by atoms with van der Waals surface area (Å²) in [4.78, 5) is 77.5. The molecule has 2 fully saturated rings. The number of ether oxygens (including phenoxy) is 2. The van der Waals surface area contributed by atoms with Crippen LogP contribution >= 0.6 is 0 Å². The van der Waals surface area contributed by atoms with E-state index in [2.05, 4.69) is 9.68 Å². The van der Waals surface area contributed by atoms with Crippen LogP contribution < -0.4 is 0 Å². The molecule has 28 heavy (non-hydrogen) atoms. The molecule has 0 unspecified atom stereocenters. The first kappa shape index (κ1) is 21.4. The van der Waals surface area contributed by atoms with Crippen LogP contribution in [-0.4, -0.2) is 72.1 Å². The van der Waals surface area contributed by atoms with Crippen LogP contribution in [0.1, 0.15) is 38.5 Å². The number of amides is 4. The topological polar surface area (TPSA) is 146 Å². The lowest BCUT2D eigenvalue weighted by atomic mass is 10.4. The fourth-order valence-corrected chi connectivity index (χ4v) is 2.24. The Balaban J connectivity index is 1.45. The van der Waals surface area contributed by atoms with E-state index in [-0.39, 0.29) is 65.0 Å². The van der Waals surface area contributed by atoms with Gasteiger partial charge in [-0.15, -0.1) is 10.1 Å². The summed E-state index contributed by atoms with van der Waals surface area (Å²) in [6.07, 6.45) is -0.199. The summed E-state index contributed by atoms with van der Waals surface area (Å²) >= 11 is 0. The highest BCUT2D eigenvalue weighted by molar-refractivity contribution is 6.02. The van der Waals surface area contributed by atoms with E-state index < -0.39 is 35.6 Å². The van der Waals surface area contributed by atoms with Gasteiger partial charge >= 0.3 is 11.9 Å². The average molecular weight is 400 g/mol. The molecule has 0 radical (unpaired) electrons. The summed E-state index contributed by atoms with van der Waals surface area (Å²) in [6.45, 7) is 0.263. The lowest BCUT2D eigenvalue weighted by molar-refractivity contribution is -0.198. The van der Waals surface area contributed by atoms with E-state index in [0.29, 0.717) is 10.1 Å². The Morgan fingerprint density at radius 1 is 0.607 bits per heavy atom. The first-order valence-corrected chi connectivity index (χ1v) is 8.67. The molecule has 0 aromatic rings. The zero-order chi connectivity index (χ0) is 20.5. The molecule has 154 valence electrons. The smallest absolute Gasteiger partial charge is 0.335 e. The van der Waals surface area contributed by atoms with Crippen LogP contribution in [0.25, 0.3) is 0 Å². The number of hydrogen-bond donors (Lipinski definition) is 0. The van der Waals surface area contributed by atoms with Gasteiger partial charge in [-0.25, -0.2) is 9.59 Å². The zero-order valence-electron chi connectivity index (χ0n) is 15.0. The second-order valence-electron chi connectivity index (χ2n) is 5.82. The van der Waals surface area contributed by atoms with Gasteiger partial charge in [0.1, 0.15) is 0 Å². The molecule has 0 aromatic carbocycles. The van der Waals surface area contributed by atoms with Gasteiger partial charge in [-0.1, -0.05) is 0 Å². The molecule has 0 bridgehead atoms. The number of nitrogens with zero attached hydrogens (tertiary/aromatic N) is 2. The number of hydrogen-bond acceptors (Lipinski definition) is 10. The molecule has 12 nitrogen and oxygen atoms in total. The number of carbonyl (C=O) groups is 6. The van der Waals surface area contributed by atoms with E-state index in [1.807, 2.05) is 0 Å². The number of hydroxylamine groups is 4. The molecule has 2 saturated heterocycles. The summed E-state index contributed by atoms with van der Waals surface area (Å²) in [7, 11) is 0. The van der Waals surface area contributed by atoms with E-state index in [0.717, 1.165) is 0 Å². The van der Waals surface area contributed by atoms with Crippen molar-refractivity contribution in [2.75, 3.05) is 26.4 Å². The number of imide groups is 2. The zero-order valence-corrected chi connectivity index (χ0v) is 15.0. The van der Waals surface area contributed by atoms with Crippen LogP contribution in [0.15, 0.2) is 0 Å². The SMILES string of the molecule is O=C(CCOCCOCCC(=O)ON1C(=O)CCC1=O)ON1C(=O)CCC1=O. The molecular weight excluding hydrogens is 380 g/mol. The van der Waals surface area contributed by atoms with E-state index in [4.69, 9.17) is 9.47 Å². The summed E-state index contributed by atoms with van der Waals surface area (Å²) in [5.41, 5.74) is 0. The molecule has 0 aromatic heterocycles. The minimum atomic E-state index is -0.765. The number of rotatable bonds is 11. The molecule has 0 atom stereocenters. The maximum Gasteiger partial charge on any atom is 0.335 e. The Bertz CT molecular complexity index is 574. The quantitative estimate of drug-likeness (QED) is 0.313. The van der Waals surface area contributed by atoms with Crippen molar-refractivity contribution in [2.24, 2.45) is 0 Å². The van der Waals surface area contributed by atoms with Crippen molar-refractivity contribution in [1.29, 1.82) is 0 Å². The van der Waals surface area contributed by atoms with Gasteiger partial charge in [-0.3, -0.25) is 19.2 Å². The highest BCUT2D eigenvalue weighted by Gasteiger charge is 2.33. The standard InChI is InChI=1S/C16H20N2O10/c19-11-1-2-12(20)17(11)27-15(23)5-7-25-9-10-26-8-6-16(24)28-18-13(21)3-4-14(18)22/h1-10H2. The lowest BCUT2D eigenvalue weighted by Crippen LogP contribution is -2.32. The Morgan fingerprint density at radius 3 is 1.25 bits per heavy atom. The van der Waals surface area contributed by atoms with Gasteiger partial charge in [0.25, 0.3) is 23.6 Å². The summed E-state index contributed by atoms with van der Waals surface area (Å²) in [5, 5.41) is 0.932. The van der Waals surface area contributed by atoms with Gasteiger partial charge < -0.3 is 19.1 Å². The fourth-order valence-electron chi connectivity index (χ4n) is 2.24. The van der Waals surface area contributed by atoms with Gasteiger partial charge in [0.05, 0.1) is 39.3 Å². The van der Waals surface area contributed by atoms with Crippen LogP contribution in [0.4, 0.5) is 0 Å². The minimum Gasteiger partial charge on any atom is -0.378 e. The molecule has 12 heteroatoms. The second kappa shape index (κ2) is 10.5. The van der Waals surface area contributed by atoms with Gasteiger partial charge in [-0.05, 0) is 0 Å². The third-order valence-corrected chi connectivity index (χ3v) is 3.67. The van der Waals surface area contributed by atoms with Crippen LogP contribution in [0.3, 0.4) is 0 Å². The van der Waals surface area contributed by atoms with Crippen molar-refractivity contribution in [3.63, 3.8) is 0 Å². The first-order valence-electron chi connectivity index (χ1n) is 8.67. The van der Waals surface area contributed by atoms with Crippen LogP contribution in [-0.2, 0) is 47.9 Å². The average Bonchev–Trinajstić information content (AvgIpc) is 3.14. The monoisotopic (exact) mass is 400 g/mol. The van der Waals surface area contributed by atoms with Gasteiger partial charge in [0.15, 0.2) is 0 Å². The Kier molecular flexibility index (Phi) is 8.02. The molecule has 0 saturated carbocycles. The molecule has 2 rings (SSSR count). The van der Waals surface area contributed by atoms with Crippen molar-refractivity contribution >= 4 is 35.6 Å². The highest BCUT2D eigenvalue weighted by atomic mass is 16.7. The van der Waals surface area contributed by atoms with Crippen LogP contribution in [0.2, 0.25) is 0 Å². The molecule has 2 aliphatic heterocycles. The van der Waals surface area contributed by atoms with Crippen molar-refractivity contribution in [2.45, 2.75) is 38.5 Å². The number of carbonyl (C=O) groups excluding carboxylic acids is 6. The molecular formula is C16H20N2O10. The Hall–Kier alpha value is -2.86. The maximum atomic E-state index is 11.5. The Morgan fingerprint density at radius 2 is 0.929 bits per heavy atom. The highest BCUT2D eigenvalue weighted by Crippen LogP contribution is 2.13. The fraction of sp³-hybridized carbons (Fsp3) is 0.625. The molecule has 4 amide bonds. The summed E-state index contributed by atoms with van der Waals surface area (Å²) < 4.78 is 10.3. The lowest BCUT2D eigenvalue weighted by Gasteiger charge is -2.13. The van der Waals surface area contributed by atoms with Crippen molar-refractivity contribution in [3.05, 3.63) is 0 Å². The normalized spacial score (nSPS) is 16.9. The van der Waals surface area contributed by atoms with E-state index in [1.165, 1.54) is 0 Å². The molecule has 0 aliphatic carbocycles. The van der Waals surface area contributed by atoms with Crippen molar-refractivity contribution < 1.29 is 47.9 Å². The van der Waals surface area contributed by atoms with Crippen molar-refractivity contribution in [1.82, 2.24) is 10.1 Å². The van der Waals surface area contributed by atoms with E-state index in [9.17, 15) is 28.8 Å². The predicted molar refractivity (Wildman–Crippen MR) is 85.2 cm³/mol. The molecule has 0 N–H and O–H groups in total. The second-order valence-corrected chi connectivity index (χ2v) is 5.82. The summed E-state index contributed by atoms with van der Waals surface area (Å²) in [5.74, 6) is -3.74. The van der Waals surface area contributed by atoms with E-state index >= 15 is 0 Å². The third-order valence-electron chi connectivity index (χ3n) is 3.67. The van der Waals surface area contributed by atoms with Crippen LogP contribution in [0, 0.1) is 0 Å². The Labute approximate surface area is 159 Å². The first-order chi connectivity index (χ1) is 13.4. The molecule has 0 spiro atoms. The van der Waals surface area contributed by atoms with Crippen LogP contribution in [0.5, 0.6) is 0 Å². The van der Waals surface area contributed by atoms with Gasteiger partial charge in [-0.2, -0.15) is 0 Å². The molecule has 2 heterocycles. The minimum absolute atomic E-state index is 0.000358. The third kappa shape index (κ3) is 6.39.